The molecule has 0 unspecified atom stereocenters. The fourth-order valence-corrected chi connectivity index (χ4v) is 1.47. The van der Waals surface area contributed by atoms with Crippen LogP contribution in [-0.2, 0) is 0 Å². The molecule has 0 amide bonds. The highest BCUT2D eigenvalue weighted by Gasteiger charge is 2.13. The predicted molar refractivity (Wildman–Crippen MR) is 68.5 cm³/mol. The first-order valence-corrected chi connectivity index (χ1v) is 5.56. The largest absolute Gasteiger partial charge is 0.417 e. The van der Waals surface area contributed by atoms with Crippen molar-refractivity contribution in [2.75, 3.05) is 18.9 Å². The minimum atomic E-state index is -0.423. The van der Waals surface area contributed by atoms with E-state index in [0.29, 0.717) is 11.1 Å². The molecule has 0 saturated carbocycles. The third-order valence-electron chi connectivity index (χ3n) is 2.83. The number of fused-ring (bicyclic) bond motifs is 1. The number of aromatic amines is 1. The van der Waals surface area contributed by atoms with E-state index < -0.39 is 5.76 Å². The van der Waals surface area contributed by atoms with E-state index in [9.17, 15) is 4.79 Å². The van der Waals surface area contributed by atoms with Gasteiger partial charge in [0.2, 0.25) is 0 Å². The van der Waals surface area contributed by atoms with Gasteiger partial charge < -0.3 is 15.1 Å². The number of aromatic nitrogens is 1. The van der Waals surface area contributed by atoms with Crippen molar-refractivity contribution in [1.82, 2.24) is 10.3 Å². The second kappa shape index (κ2) is 4.25. The van der Waals surface area contributed by atoms with Gasteiger partial charge in [-0.05, 0) is 33.0 Å². The van der Waals surface area contributed by atoms with E-state index in [1.807, 2.05) is 25.2 Å². The molecular weight excluding hydrogens is 218 g/mol. The summed E-state index contributed by atoms with van der Waals surface area (Å²) in [7, 11) is 1.93. The van der Waals surface area contributed by atoms with Gasteiger partial charge in [0.1, 0.15) is 0 Å². The van der Waals surface area contributed by atoms with Gasteiger partial charge in [0, 0.05) is 23.8 Å². The lowest BCUT2D eigenvalue weighted by molar-refractivity contribution is 0.448. The normalized spacial score (nSPS) is 11.9. The summed E-state index contributed by atoms with van der Waals surface area (Å²) >= 11 is 0. The van der Waals surface area contributed by atoms with Crippen molar-refractivity contribution in [1.29, 1.82) is 0 Å². The average molecular weight is 235 g/mol. The molecule has 5 nitrogen and oxygen atoms in total. The van der Waals surface area contributed by atoms with Gasteiger partial charge in [-0.3, -0.25) is 4.98 Å². The highest BCUT2D eigenvalue weighted by Crippen LogP contribution is 2.16. The maximum Gasteiger partial charge on any atom is 0.417 e. The van der Waals surface area contributed by atoms with E-state index in [2.05, 4.69) is 29.5 Å². The topological polar surface area (TPSA) is 70.1 Å². The van der Waals surface area contributed by atoms with Crippen LogP contribution in [0.15, 0.2) is 27.4 Å². The minimum Gasteiger partial charge on any atom is -0.408 e. The number of oxazole rings is 1. The van der Waals surface area contributed by atoms with Gasteiger partial charge in [-0.1, -0.05) is 0 Å². The summed E-state index contributed by atoms with van der Waals surface area (Å²) in [5, 5.41) is 6.51. The van der Waals surface area contributed by atoms with E-state index in [4.69, 9.17) is 4.42 Å². The fraction of sp³-hybridized carbons (Fsp3) is 0.417. The van der Waals surface area contributed by atoms with Crippen LogP contribution >= 0.6 is 0 Å². The van der Waals surface area contributed by atoms with Crippen LogP contribution in [0.5, 0.6) is 0 Å². The molecule has 0 fully saturated rings. The molecule has 0 radical (unpaired) electrons. The van der Waals surface area contributed by atoms with Gasteiger partial charge in [0.15, 0.2) is 5.58 Å². The second-order valence-corrected chi connectivity index (χ2v) is 4.71. The molecule has 0 aliphatic rings. The third kappa shape index (κ3) is 2.68. The fourth-order valence-electron chi connectivity index (χ4n) is 1.47. The lowest BCUT2D eigenvalue weighted by atomic mass is 10.1. The molecule has 17 heavy (non-hydrogen) atoms. The zero-order valence-corrected chi connectivity index (χ0v) is 10.3. The number of benzene rings is 1. The highest BCUT2D eigenvalue weighted by atomic mass is 16.4. The molecule has 0 bridgehead atoms. The average Bonchev–Trinajstić information content (AvgIpc) is 2.66. The van der Waals surface area contributed by atoms with Crippen LogP contribution in [0.25, 0.3) is 11.1 Å². The predicted octanol–water partition coefficient (Wildman–Crippen LogP) is 1.53. The standard InChI is InChI=1S/C12H17N3O2/c1-12(2,13-3)7-14-8-4-5-9-10(6-8)17-11(16)15-9/h4-6,13-14H,7H2,1-3H3,(H,15,16). The molecule has 0 aliphatic carbocycles. The summed E-state index contributed by atoms with van der Waals surface area (Å²) in [6.45, 7) is 4.99. The first-order chi connectivity index (χ1) is 8.00. The van der Waals surface area contributed by atoms with E-state index in [1.165, 1.54) is 0 Å². The summed E-state index contributed by atoms with van der Waals surface area (Å²) in [5.41, 5.74) is 2.23. The molecule has 3 N–H and O–H groups in total. The number of anilines is 1. The van der Waals surface area contributed by atoms with E-state index >= 15 is 0 Å². The first-order valence-electron chi connectivity index (χ1n) is 5.56. The Morgan fingerprint density at radius 1 is 1.41 bits per heavy atom. The summed E-state index contributed by atoms with van der Waals surface area (Å²) in [4.78, 5) is 13.6. The van der Waals surface area contributed by atoms with Gasteiger partial charge in [-0.2, -0.15) is 0 Å². The number of hydrogen-bond donors (Lipinski definition) is 3. The van der Waals surface area contributed by atoms with E-state index in [0.717, 1.165) is 12.2 Å². The molecule has 0 spiro atoms. The van der Waals surface area contributed by atoms with Crippen LogP contribution < -0.4 is 16.4 Å². The van der Waals surface area contributed by atoms with Crippen molar-refractivity contribution in [3.8, 4) is 0 Å². The smallest absolute Gasteiger partial charge is 0.408 e. The SMILES string of the molecule is CNC(C)(C)CNc1ccc2[nH]c(=O)oc2c1. The molecule has 1 aromatic carbocycles. The molecule has 0 atom stereocenters. The molecule has 2 aromatic rings. The number of rotatable bonds is 4. The Hall–Kier alpha value is -1.75. The van der Waals surface area contributed by atoms with Gasteiger partial charge in [0.05, 0.1) is 5.52 Å². The van der Waals surface area contributed by atoms with Crippen LogP contribution in [0.1, 0.15) is 13.8 Å². The van der Waals surface area contributed by atoms with Crippen molar-refractivity contribution in [3.05, 3.63) is 28.7 Å². The van der Waals surface area contributed by atoms with Crippen LogP contribution in [0, 0.1) is 0 Å². The Morgan fingerprint density at radius 3 is 2.88 bits per heavy atom. The zero-order chi connectivity index (χ0) is 12.5. The number of nitrogens with one attached hydrogen (secondary N) is 3. The summed E-state index contributed by atoms with van der Waals surface area (Å²) in [6.07, 6.45) is 0. The Labute approximate surface area is 99.2 Å². The van der Waals surface area contributed by atoms with Gasteiger partial charge in [-0.15, -0.1) is 0 Å². The van der Waals surface area contributed by atoms with Crippen LogP contribution in [0.3, 0.4) is 0 Å². The number of hydrogen-bond acceptors (Lipinski definition) is 4. The first kappa shape index (κ1) is 11.7. The maximum absolute atomic E-state index is 11.0. The summed E-state index contributed by atoms with van der Waals surface area (Å²) in [5.74, 6) is -0.423. The molecule has 0 aliphatic heterocycles. The molecule has 1 heterocycles. The van der Waals surface area contributed by atoms with Gasteiger partial charge >= 0.3 is 5.76 Å². The number of likely N-dealkylation sites (N-methyl/N-ethyl adjacent to an activating group) is 1. The van der Waals surface area contributed by atoms with Gasteiger partial charge in [0.25, 0.3) is 0 Å². The zero-order valence-electron chi connectivity index (χ0n) is 10.3. The number of H-pyrrole nitrogens is 1. The van der Waals surface area contributed by atoms with Crippen molar-refractivity contribution >= 4 is 16.8 Å². The monoisotopic (exact) mass is 235 g/mol. The summed E-state index contributed by atoms with van der Waals surface area (Å²) < 4.78 is 5.00. The summed E-state index contributed by atoms with van der Waals surface area (Å²) in [6, 6.07) is 5.56. The third-order valence-corrected chi connectivity index (χ3v) is 2.83. The second-order valence-electron chi connectivity index (χ2n) is 4.71. The highest BCUT2D eigenvalue weighted by molar-refractivity contribution is 5.76. The molecule has 2 rings (SSSR count). The Kier molecular flexibility index (Phi) is 2.93. The molecule has 1 aromatic heterocycles. The molecular formula is C12H17N3O2. The van der Waals surface area contributed by atoms with Crippen molar-refractivity contribution < 1.29 is 4.42 Å². The van der Waals surface area contributed by atoms with Crippen molar-refractivity contribution in [3.63, 3.8) is 0 Å². The van der Waals surface area contributed by atoms with E-state index in [-0.39, 0.29) is 5.54 Å². The van der Waals surface area contributed by atoms with E-state index in [1.54, 1.807) is 0 Å². The maximum atomic E-state index is 11.0. The van der Waals surface area contributed by atoms with Crippen molar-refractivity contribution in [2.45, 2.75) is 19.4 Å². The van der Waals surface area contributed by atoms with Gasteiger partial charge in [-0.25, -0.2) is 4.79 Å². The molecule has 92 valence electrons. The molecule has 0 saturated heterocycles. The lowest BCUT2D eigenvalue weighted by Crippen LogP contribution is -2.42. The lowest BCUT2D eigenvalue weighted by Gasteiger charge is -2.24. The Morgan fingerprint density at radius 2 is 2.18 bits per heavy atom. The minimum absolute atomic E-state index is 0.00788. The van der Waals surface area contributed by atoms with Crippen LogP contribution in [0.4, 0.5) is 5.69 Å². The Bertz CT molecular complexity index is 568. The molecule has 5 heteroatoms. The van der Waals surface area contributed by atoms with Crippen LogP contribution in [-0.4, -0.2) is 24.1 Å². The van der Waals surface area contributed by atoms with Crippen LogP contribution in [0.2, 0.25) is 0 Å². The van der Waals surface area contributed by atoms with Crippen molar-refractivity contribution in [2.24, 2.45) is 0 Å². The Balaban J connectivity index is 2.17. The quantitative estimate of drug-likeness (QED) is 0.751.